The molecule has 0 aliphatic carbocycles. The summed E-state index contributed by atoms with van der Waals surface area (Å²) in [6.07, 6.45) is 2.48. The highest BCUT2D eigenvalue weighted by Crippen LogP contribution is 2.23. The molecule has 3 heterocycles. The van der Waals surface area contributed by atoms with Gasteiger partial charge in [-0.2, -0.15) is 9.97 Å². The molecule has 1 aliphatic rings. The van der Waals surface area contributed by atoms with E-state index < -0.39 is 0 Å². The van der Waals surface area contributed by atoms with E-state index in [4.69, 9.17) is 0 Å². The summed E-state index contributed by atoms with van der Waals surface area (Å²) in [6.45, 7) is 4.49. The summed E-state index contributed by atoms with van der Waals surface area (Å²) in [5.41, 5.74) is 1.37. The van der Waals surface area contributed by atoms with Gasteiger partial charge in [-0.05, 0) is 13.3 Å². The Hall–Kier alpha value is -2.38. The number of hydrogen-bond acceptors (Lipinski definition) is 6. The number of amides is 1. The monoisotopic (exact) mass is 275 g/mol. The van der Waals surface area contributed by atoms with Crippen molar-refractivity contribution < 1.29 is 4.79 Å². The van der Waals surface area contributed by atoms with E-state index in [1.807, 2.05) is 11.8 Å². The van der Waals surface area contributed by atoms with E-state index in [0.717, 1.165) is 30.8 Å². The van der Waals surface area contributed by atoms with Crippen LogP contribution < -0.4 is 15.5 Å². The lowest BCUT2D eigenvalue weighted by Crippen LogP contribution is -2.33. The Bertz CT molecular complexity index is 623. The van der Waals surface area contributed by atoms with Crippen LogP contribution in [-0.4, -0.2) is 52.0 Å². The van der Waals surface area contributed by atoms with E-state index in [-0.39, 0.29) is 5.91 Å². The van der Waals surface area contributed by atoms with Gasteiger partial charge in [0.15, 0.2) is 11.5 Å². The van der Waals surface area contributed by atoms with Gasteiger partial charge in [0.1, 0.15) is 5.52 Å². The number of fused-ring (bicyclic) bond motifs is 1. The van der Waals surface area contributed by atoms with Crippen molar-refractivity contribution >= 4 is 28.8 Å². The largest absolute Gasteiger partial charge is 0.354 e. The zero-order valence-corrected chi connectivity index (χ0v) is 11.3. The zero-order valence-electron chi connectivity index (χ0n) is 11.3. The van der Waals surface area contributed by atoms with Crippen LogP contribution in [0.4, 0.5) is 11.8 Å². The first-order valence-electron chi connectivity index (χ1n) is 6.74. The second-order valence-corrected chi connectivity index (χ2v) is 4.63. The van der Waals surface area contributed by atoms with Crippen molar-refractivity contribution in [3.63, 3.8) is 0 Å². The zero-order chi connectivity index (χ0) is 13.9. The average molecular weight is 275 g/mol. The van der Waals surface area contributed by atoms with Gasteiger partial charge in [-0.3, -0.25) is 4.79 Å². The number of H-pyrrole nitrogens is 1. The summed E-state index contributed by atoms with van der Waals surface area (Å²) in [4.78, 5) is 29.8. The smallest absolute Gasteiger partial charge is 0.239 e. The van der Waals surface area contributed by atoms with Crippen molar-refractivity contribution in [2.75, 3.05) is 36.4 Å². The van der Waals surface area contributed by atoms with Crippen LogP contribution in [0.3, 0.4) is 0 Å². The summed E-state index contributed by atoms with van der Waals surface area (Å²) in [5, 5.41) is 5.95. The summed E-state index contributed by atoms with van der Waals surface area (Å²) >= 11 is 0. The number of anilines is 2. The number of carbonyl (C=O) groups is 1. The van der Waals surface area contributed by atoms with Crippen molar-refractivity contribution in [2.24, 2.45) is 0 Å². The third-order valence-electron chi connectivity index (χ3n) is 3.16. The van der Waals surface area contributed by atoms with Gasteiger partial charge >= 0.3 is 0 Å². The number of aromatic amines is 1. The number of imidazole rings is 1. The molecule has 1 aliphatic heterocycles. The fourth-order valence-corrected chi connectivity index (χ4v) is 2.27. The summed E-state index contributed by atoms with van der Waals surface area (Å²) in [5.74, 6) is 1.27. The van der Waals surface area contributed by atoms with Crippen LogP contribution >= 0.6 is 0 Å². The molecule has 1 saturated heterocycles. The summed E-state index contributed by atoms with van der Waals surface area (Å²) < 4.78 is 0. The minimum atomic E-state index is 0.0128. The molecule has 2 aromatic rings. The molecule has 0 bridgehead atoms. The lowest BCUT2D eigenvalue weighted by Gasteiger charge is -2.20. The van der Waals surface area contributed by atoms with Crippen LogP contribution in [0.5, 0.6) is 0 Å². The van der Waals surface area contributed by atoms with Gasteiger partial charge in [0.2, 0.25) is 11.9 Å². The lowest BCUT2D eigenvalue weighted by molar-refractivity contribution is -0.119. The van der Waals surface area contributed by atoms with Crippen molar-refractivity contribution in [2.45, 2.75) is 13.3 Å². The van der Waals surface area contributed by atoms with Gasteiger partial charge in [0.05, 0.1) is 12.9 Å². The Labute approximate surface area is 116 Å². The van der Waals surface area contributed by atoms with E-state index in [9.17, 15) is 4.79 Å². The predicted molar refractivity (Wildman–Crippen MR) is 75.7 cm³/mol. The molecule has 0 unspecified atom stereocenters. The summed E-state index contributed by atoms with van der Waals surface area (Å²) in [6, 6.07) is 0. The van der Waals surface area contributed by atoms with Crippen molar-refractivity contribution in [3.8, 4) is 0 Å². The third-order valence-corrected chi connectivity index (χ3v) is 3.16. The second kappa shape index (κ2) is 5.32. The minimum absolute atomic E-state index is 0.0128. The Morgan fingerprint density at radius 3 is 3.20 bits per heavy atom. The normalized spacial score (nSPS) is 16.1. The van der Waals surface area contributed by atoms with Gasteiger partial charge in [-0.25, -0.2) is 4.98 Å². The van der Waals surface area contributed by atoms with Crippen LogP contribution in [0.15, 0.2) is 6.33 Å². The quantitative estimate of drug-likeness (QED) is 0.735. The van der Waals surface area contributed by atoms with E-state index in [1.54, 1.807) is 6.33 Å². The highest BCUT2D eigenvalue weighted by Gasteiger charge is 2.20. The molecular formula is C12H17N7O. The van der Waals surface area contributed by atoms with Crippen LogP contribution in [0.25, 0.3) is 11.2 Å². The average Bonchev–Trinajstić information content (AvgIpc) is 2.79. The van der Waals surface area contributed by atoms with Gasteiger partial charge in [-0.1, -0.05) is 0 Å². The number of nitrogens with one attached hydrogen (secondary N) is 3. The molecule has 3 rings (SSSR count). The Morgan fingerprint density at radius 2 is 2.35 bits per heavy atom. The van der Waals surface area contributed by atoms with Crippen molar-refractivity contribution in [1.82, 2.24) is 25.3 Å². The maximum Gasteiger partial charge on any atom is 0.239 e. The van der Waals surface area contributed by atoms with Crippen LogP contribution in [0.2, 0.25) is 0 Å². The van der Waals surface area contributed by atoms with Gasteiger partial charge < -0.3 is 20.5 Å². The molecule has 0 radical (unpaired) electrons. The first kappa shape index (κ1) is 12.6. The Balaban J connectivity index is 2.03. The van der Waals surface area contributed by atoms with E-state index in [1.165, 1.54) is 0 Å². The molecule has 0 atom stereocenters. The number of carbonyl (C=O) groups excluding carboxylic acids is 1. The van der Waals surface area contributed by atoms with E-state index in [0.29, 0.717) is 24.7 Å². The molecule has 106 valence electrons. The molecule has 0 spiro atoms. The number of hydrogen-bond donors (Lipinski definition) is 3. The van der Waals surface area contributed by atoms with Gasteiger partial charge in [-0.15, -0.1) is 0 Å². The molecule has 20 heavy (non-hydrogen) atoms. The summed E-state index contributed by atoms with van der Waals surface area (Å²) in [7, 11) is 0. The number of rotatable bonds is 3. The fraction of sp³-hybridized carbons (Fsp3) is 0.500. The SMILES string of the molecule is CCNc1nc(N2CCCNC(=O)C2)c2[nH]cnc2n1. The topological polar surface area (TPSA) is 98.8 Å². The molecular weight excluding hydrogens is 258 g/mol. The molecule has 1 amide bonds. The number of aromatic nitrogens is 4. The Morgan fingerprint density at radius 1 is 1.45 bits per heavy atom. The van der Waals surface area contributed by atoms with Crippen LogP contribution in [0.1, 0.15) is 13.3 Å². The lowest BCUT2D eigenvalue weighted by atomic mass is 10.3. The number of nitrogens with zero attached hydrogens (tertiary/aromatic N) is 4. The molecule has 2 aromatic heterocycles. The van der Waals surface area contributed by atoms with E-state index >= 15 is 0 Å². The maximum atomic E-state index is 11.7. The Kier molecular flexibility index (Phi) is 3.36. The van der Waals surface area contributed by atoms with Crippen molar-refractivity contribution in [3.05, 3.63) is 6.33 Å². The molecule has 8 heteroatoms. The third kappa shape index (κ3) is 2.36. The molecule has 3 N–H and O–H groups in total. The maximum absolute atomic E-state index is 11.7. The van der Waals surface area contributed by atoms with Crippen LogP contribution in [0, 0.1) is 0 Å². The highest BCUT2D eigenvalue weighted by molar-refractivity contribution is 5.88. The molecule has 8 nitrogen and oxygen atoms in total. The molecule has 0 saturated carbocycles. The second-order valence-electron chi connectivity index (χ2n) is 4.63. The van der Waals surface area contributed by atoms with Crippen LogP contribution in [-0.2, 0) is 4.79 Å². The highest BCUT2D eigenvalue weighted by atomic mass is 16.2. The van der Waals surface area contributed by atoms with E-state index in [2.05, 4.69) is 30.6 Å². The first-order chi connectivity index (χ1) is 9.78. The first-order valence-corrected chi connectivity index (χ1v) is 6.74. The predicted octanol–water partition coefficient (Wildman–Crippen LogP) is 0.111. The standard InChI is InChI=1S/C12H17N7O/c1-2-13-12-17-10-9(15-7-16-10)11(18-12)19-5-3-4-14-8(20)6-19/h7H,2-6H2,1H3,(H,14,20)(H2,13,15,16,17,18). The van der Waals surface area contributed by atoms with Crippen molar-refractivity contribution in [1.29, 1.82) is 0 Å². The van der Waals surface area contributed by atoms with Gasteiger partial charge in [0, 0.05) is 19.6 Å². The fourth-order valence-electron chi connectivity index (χ4n) is 2.27. The minimum Gasteiger partial charge on any atom is -0.354 e. The molecule has 1 fully saturated rings. The van der Waals surface area contributed by atoms with Gasteiger partial charge in [0.25, 0.3) is 0 Å². The molecule has 0 aromatic carbocycles.